The van der Waals surface area contributed by atoms with Crippen LogP contribution in [0.25, 0.3) is 5.52 Å². The standard InChI is InChI=1S/C20H17ClF3N5/c21-17-9-15(20(22,23)24)11-26-19(17)28-7-5-27(6-8-28)12-14-13-29-4-2-1-3-18(29)16(14)10-25/h1-4,9,11,13H,5-8,12H2. The summed E-state index contributed by atoms with van der Waals surface area (Å²) in [5.41, 5.74) is 1.65. The van der Waals surface area contributed by atoms with E-state index in [1.54, 1.807) is 0 Å². The highest BCUT2D eigenvalue weighted by Crippen LogP contribution is 2.33. The van der Waals surface area contributed by atoms with Crippen LogP contribution in [0.3, 0.4) is 0 Å². The van der Waals surface area contributed by atoms with Crippen LogP contribution in [0, 0.1) is 11.3 Å². The predicted octanol–water partition coefficient (Wildman–Crippen LogP) is 4.20. The van der Waals surface area contributed by atoms with Crippen molar-refractivity contribution >= 4 is 22.9 Å². The lowest BCUT2D eigenvalue weighted by Crippen LogP contribution is -2.46. The molecule has 0 saturated carbocycles. The lowest BCUT2D eigenvalue weighted by Gasteiger charge is -2.35. The Bertz CT molecular complexity index is 1080. The predicted molar refractivity (Wildman–Crippen MR) is 104 cm³/mol. The first-order chi connectivity index (χ1) is 13.9. The molecule has 0 atom stereocenters. The van der Waals surface area contributed by atoms with Gasteiger partial charge in [-0.05, 0) is 18.2 Å². The zero-order valence-corrected chi connectivity index (χ0v) is 16.1. The van der Waals surface area contributed by atoms with Gasteiger partial charge in [0.1, 0.15) is 11.9 Å². The van der Waals surface area contributed by atoms with Gasteiger partial charge in [-0.15, -0.1) is 0 Å². The minimum absolute atomic E-state index is 0.00118. The first-order valence-electron chi connectivity index (χ1n) is 9.05. The van der Waals surface area contributed by atoms with E-state index in [0.717, 1.165) is 23.3 Å². The SMILES string of the molecule is N#Cc1c(CN2CCN(c3ncc(C(F)(F)F)cc3Cl)CC2)cn2ccccc12. The zero-order valence-electron chi connectivity index (χ0n) is 15.3. The number of alkyl halides is 3. The van der Waals surface area contributed by atoms with Gasteiger partial charge in [0.15, 0.2) is 0 Å². The van der Waals surface area contributed by atoms with Gasteiger partial charge in [-0.25, -0.2) is 4.98 Å². The van der Waals surface area contributed by atoms with Crippen LogP contribution in [-0.2, 0) is 12.7 Å². The fraction of sp³-hybridized carbons (Fsp3) is 0.300. The fourth-order valence-electron chi connectivity index (χ4n) is 3.60. The van der Waals surface area contributed by atoms with Gasteiger partial charge in [-0.1, -0.05) is 17.7 Å². The van der Waals surface area contributed by atoms with E-state index in [-0.39, 0.29) is 5.02 Å². The van der Waals surface area contributed by atoms with Gasteiger partial charge in [0.2, 0.25) is 0 Å². The van der Waals surface area contributed by atoms with Crippen molar-refractivity contribution < 1.29 is 13.2 Å². The van der Waals surface area contributed by atoms with Crippen LogP contribution in [-0.4, -0.2) is 40.5 Å². The molecule has 3 aromatic heterocycles. The van der Waals surface area contributed by atoms with E-state index in [0.29, 0.717) is 44.1 Å². The van der Waals surface area contributed by atoms with E-state index >= 15 is 0 Å². The third-order valence-corrected chi connectivity index (χ3v) is 5.37. The largest absolute Gasteiger partial charge is 0.417 e. The molecule has 0 radical (unpaired) electrons. The van der Waals surface area contributed by atoms with Gasteiger partial charge >= 0.3 is 6.18 Å². The minimum Gasteiger partial charge on any atom is -0.353 e. The Morgan fingerprint density at radius 3 is 2.59 bits per heavy atom. The molecule has 5 nitrogen and oxygen atoms in total. The molecule has 0 N–H and O–H groups in total. The second kappa shape index (κ2) is 7.58. The van der Waals surface area contributed by atoms with Crippen molar-refractivity contribution in [2.24, 2.45) is 0 Å². The van der Waals surface area contributed by atoms with Crippen molar-refractivity contribution in [3.8, 4) is 6.07 Å². The third kappa shape index (κ3) is 3.88. The number of halogens is 4. The normalized spacial score (nSPS) is 15.6. The Morgan fingerprint density at radius 2 is 1.93 bits per heavy atom. The van der Waals surface area contributed by atoms with Crippen LogP contribution in [0.15, 0.2) is 42.9 Å². The van der Waals surface area contributed by atoms with Crippen LogP contribution in [0.5, 0.6) is 0 Å². The van der Waals surface area contributed by atoms with Gasteiger partial charge in [0.05, 0.1) is 21.7 Å². The summed E-state index contributed by atoms with van der Waals surface area (Å²) in [4.78, 5) is 8.04. The molecule has 0 unspecified atom stereocenters. The van der Waals surface area contributed by atoms with Crippen LogP contribution in [0.2, 0.25) is 5.02 Å². The Kier molecular flexibility index (Phi) is 5.11. The zero-order chi connectivity index (χ0) is 20.6. The molecule has 29 heavy (non-hydrogen) atoms. The molecule has 4 rings (SSSR count). The molecule has 1 aliphatic rings. The van der Waals surface area contributed by atoms with Crippen LogP contribution >= 0.6 is 11.6 Å². The number of hydrogen-bond donors (Lipinski definition) is 0. The number of anilines is 1. The van der Waals surface area contributed by atoms with Crippen LogP contribution < -0.4 is 4.90 Å². The molecular formula is C20H17ClF3N5. The second-order valence-electron chi connectivity index (χ2n) is 6.92. The Hall–Kier alpha value is -2.76. The average Bonchev–Trinajstić information content (AvgIpc) is 3.05. The van der Waals surface area contributed by atoms with Crippen molar-refractivity contribution in [2.75, 3.05) is 31.1 Å². The number of nitriles is 1. The molecular weight excluding hydrogens is 403 g/mol. The van der Waals surface area contributed by atoms with Crippen molar-refractivity contribution in [3.05, 3.63) is 64.6 Å². The lowest BCUT2D eigenvalue weighted by molar-refractivity contribution is -0.137. The molecule has 0 aliphatic carbocycles. The smallest absolute Gasteiger partial charge is 0.353 e. The molecule has 0 aromatic carbocycles. The van der Waals surface area contributed by atoms with Gasteiger partial charge < -0.3 is 9.30 Å². The molecule has 1 saturated heterocycles. The van der Waals surface area contributed by atoms with Gasteiger partial charge in [-0.3, -0.25) is 4.90 Å². The number of rotatable bonds is 3. The molecule has 0 bridgehead atoms. The monoisotopic (exact) mass is 419 g/mol. The van der Waals surface area contributed by atoms with E-state index in [4.69, 9.17) is 11.6 Å². The number of pyridine rings is 2. The Labute approximate surface area is 170 Å². The van der Waals surface area contributed by atoms with E-state index < -0.39 is 11.7 Å². The van der Waals surface area contributed by atoms with Gasteiger partial charge in [-0.2, -0.15) is 18.4 Å². The van der Waals surface area contributed by atoms with Crippen molar-refractivity contribution in [3.63, 3.8) is 0 Å². The maximum absolute atomic E-state index is 12.8. The Morgan fingerprint density at radius 1 is 1.17 bits per heavy atom. The highest BCUT2D eigenvalue weighted by Gasteiger charge is 2.32. The molecule has 0 amide bonds. The quantitative estimate of drug-likeness (QED) is 0.638. The first kappa shape index (κ1) is 19.6. The first-order valence-corrected chi connectivity index (χ1v) is 9.43. The van der Waals surface area contributed by atoms with E-state index in [1.165, 1.54) is 0 Å². The molecule has 9 heteroatoms. The molecule has 1 aliphatic heterocycles. The highest BCUT2D eigenvalue weighted by atomic mass is 35.5. The second-order valence-corrected chi connectivity index (χ2v) is 7.33. The number of aromatic nitrogens is 2. The van der Waals surface area contributed by atoms with Gasteiger partial charge in [0, 0.05) is 56.9 Å². The number of piperazine rings is 1. The highest BCUT2D eigenvalue weighted by molar-refractivity contribution is 6.33. The van der Waals surface area contributed by atoms with Crippen molar-refractivity contribution in [2.45, 2.75) is 12.7 Å². The summed E-state index contributed by atoms with van der Waals surface area (Å²) in [5.74, 6) is 0.367. The number of nitrogens with zero attached hydrogens (tertiary/aromatic N) is 5. The summed E-state index contributed by atoms with van der Waals surface area (Å²) < 4.78 is 40.3. The summed E-state index contributed by atoms with van der Waals surface area (Å²) in [6.45, 7) is 3.19. The average molecular weight is 420 g/mol. The van der Waals surface area contributed by atoms with Gasteiger partial charge in [0.25, 0.3) is 0 Å². The summed E-state index contributed by atoms with van der Waals surface area (Å²) in [7, 11) is 0. The topological polar surface area (TPSA) is 47.6 Å². The third-order valence-electron chi connectivity index (χ3n) is 5.09. The van der Waals surface area contributed by atoms with E-state index in [9.17, 15) is 18.4 Å². The van der Waals surface area contributed by atoms with Crippen molar-refractivity contribution in [1.82, 2.24) is 14.3 Å². The maximum Gasteiger partial charge on any atom is 0.417 e. The summed E-state index contributed by atoms with van der Waals surface area (Å²) in [6.07, 6.45) is 0.234. The summed E-state index contributed by atoms with van der Waals surface area (Å²) >= 11 is 6.06. The Balaban J connectivity index is 1.45. The summed E-state index contributed by atoms with van der Waals surface area (Å²) in [5, 5.41) is 9.54. The van der Waals surface area contributed by atoms with E-state index in [2.05, 4.69) is 16.0 Å². The fourth-order valence-corrected chi connectivity index (χ4v) is 3.89. The molecule has 1 fully saturated rings. The number of hydrogen-bond acceptors (Lipinski definition) is 4. The minimum atomic E-state index is -4.46. The molecule has 3 aromatic rings. The lowest BCUT2D eigenvalue weighted by atomic mass is 10.1. The van der Waals surface area contributed by atoms with Crippen LogP contribution in [0.4, 0.5) is 19.0 Å². The van der Waals surface area contributed by atoms with Crippen LogP contribution in [0.1, 0.15) is 16.7 Å². The maximum atomic E-state index is 12.8. The molecule has 150 valence electrons. The number of fused-ring (bicyclic) bond motifs is 1. The van der Waals surface area contributed by atoms with Crippen molar-refractivity contribution in [1.29, 1.82) is 5.26 Å². The summed E-state index contributed by atoms with van der Waals surface area (Å²) in [6, 6.07) is 8.94. The molecule has 0 spiro atoms. The molecule has 4 heterocycles. The van der Waals surface area contributed by atoms with E-state index in [1.807, 2.05) is 39.9 Å².